The van der Waals surface area contributed by atoms with E-state index < -0.39 is 41.4 Å². The van der Waals surface area contributed by atoms with Crippen molar-refractivity contribution in [3.63, 3.8) is 0 Å². The van der Waals surface area contributed by atoms with E-state index in [-0.39, 0.29) is 0 Å². The summed E-state index contributed by atoms with van der Waals surface area (Å²) in [5.41, 5.74) is -2.58. The van der Waals surface area contributed by atoms with E-state index in [0.29, 0.717) is 6.07 Å². The molecule has 1 rings (SSSR count). The lowest BCUT2D eigenvalue weighted by molar-refractivity contribution is -0.136. The van der Waals surface area contributed by atoms with Crippen LogP contribution >= 0.6 is 0 Å². The molecule has 2 N–H and O–H groups in total. The van der Waals surface area contributed by atoms with Crippen LogP contribution in [0.4, 0.5) is 13.2 Å². The minimum absolute atomic E-state index is 0.492. The lowest BCUT2D eigenvalue weighted by Crippen LogP contribution is -2.18. The first-order valence-electron chi connectivity index (χ1n) is 3.83. The number of pyridine rings is 1. The average Bonchev–Trinajstić information content (AvgIpc) is 2.10. The fourth-order valence-electron chi connectivity index (χ4n) is 1.01. The standard InChI is InChI=1S/C8H6F3NO3/c9-7(10)4-2-5(13)3(1-6(14)15)8(11)12-4/h2,7H,1H2,(H,12,13)(H,14,15). The van der Waals surface area contributed by atoms with Gasteiger partial charge in [-0.2, -0.15) is 4.39 Å². The van der Waals surface area contributed by atoms with Crippen LogP contribution < -0.4 is 5.43 Å². The molecule has 7 heteroatoms. The largest absolute Gasteiger partial charge is 0.481 e. The van der Waals surface area contributed by atoms with Gasteiger partial charge in [-0.3, -0.25) is 9.59 Å². The van der Waals surface area contributed by atoms with Gasteiger partial charge in [0, 0.05) is 6.07 Å². The smallest absolute Gasteiger partial charge is 0.308 e. The molecule has 1 heterocycles. The molecule has 0 saturated carbocycles. The summed E-state index contributed by atoms with van der Waals surface area (Å²) in [4.78, 5) is 22.9. The van der Waals surface area contributed by atoms with Crippen molar-refractivity contribution in [2.24, 2.45) is 0 Å². The monoisotopic (exact) mass is 221 g/mol. The maximum atomic E-state index is 13.0. The van der Waals surface area contributed by atoms with Crippen LogP contribution in [-0.2, 0) is 11.2 Å². The number of carboxylic acid groups (broad SMARTS) is 1. The molecular formula is C8H6F3NO3. The summed E-state index contributed by atoms with van der Waals surface area (Å²) >= 11 is 0. The number of aromatic nitrogens is 1. The number of aromatic amines is 1. The summed E-state index contributed by atoms with van der Waals surface area (Å²) < 4.78 is 37.1. The van der Waals surface area contributed by atoms with Gasteiger partial charge >= 0.3 is 5.97 Å². The van der Waals surface area contributed by atoms with Crippen LogP contribution in [0.2, 0.25) is 0 Å². The Hall–Kier alpha value is -1.79. The second kappa shape index (κ2) is 4.16. The third-order valence-electron chi connectivity index (χ3n) is 1.67. The molecule has 0 bridgehead atoms. The predicted octanol–water partition coefficient (Wildman–Crippen LogP) is 1.08. The highest BCUT2D eigenvalue weighted by Crippen LogP contribution is 2.15. The number of hydrogen-bond acceptors (Lipinski definition) is 2. The maximum absolute atomic E-state index is 13.0. The Morgan fingerprint density at radius 2 is 2.13 bits per heavy atom. The van der Waals surface area contributed by atoms with Crippen molar-refractivity contribution in [2.45, 2.75) is 12.8 Å². The Balaban J connectivity index is 3.21. The normalized spacial score (nSPS) is 10.7. The Morgan fingerprint density at radius 1 is 1.53 bits per heavy atom. The van der Waals surface area contributed by atoms with E-state index in [1.807, 2.05) is 0 Å². The number of rotatable bonds is 3. The minimum atomic E-state index is -3.01. The zero-order valence-corrected chi connectivity index (χ0v) is 7.26. The Morgan fingerprint density at radius 3 is 2.53 bits per heavy atom. The minimum Gasteiger partial charge on any atom is -0.481 e. The first-order valence-corrected chi connectivity index (χ1v) is 3.83. The predicted molar refractivity (Wildman–Crippen MR) is 43.3 cm³/mol. The molecule has 1 aromatic heterocycles. The molecule has 0 unspecified atom stereocenters. The lowest BCUT2D eigenvalue weighted by Gasteiger charge is -2.03. The van der Waals surface area contributed by atoms with Crippen molar-refractivity contribution >= 4 is 5.97 Å². The van der Waals surface area contributed by atoms with Gasteiger partial charge in [0.1, 0.15) is 0 Å². The number of alkyl halides is 2. The molecule has 0 atom stereocenters. The van der Waals surface area contributed by atoms with Gasteiger partial charge in [-0.05, 0) is 0 Å². The second-order valence-corrected chi connectivity index (χ2v) is 2.75. The van der Waals surface area contributed by atoms with E-state index in [1.54, 1.807) is 4.98 Å². The number of hydrogen-bond donors (Lipinski definition) is 2. The number of aliphatic carboxylic acids is 1. The Kier molecular flexibility index (Phi) is 3.13. The van der Waals surface area contributed by atoms with Crippen LogP contribution in [0.5, 0.6) is 0 Å². The Labute approximate surface area is 81.4 Å². The van der Waals surface area contributed by atoms with E-state index >= 15 is 0 Å². The molecule has 0 radical (unpaired) electrons. The van der Waals surface area contributed by atoms with Crippen molar-refractivity contribution < 1.29 is 23.1 Å². The lowest BCUT2D eigenvalue weighted by atomic mass is 10.2. The topological polar surface area (TPSA) is 70.2 Å². The highest BCUT2D eigenvalue weighted by atomic mass is 19.3. The molecule has 0 aliphatic heterocycles. The zero-order valence-electron chi connectivity index (χ0n) is 7.26. The van der Waals surface area contributed by atoms with Crippen molar-refractivity contribution in [1.82, 2.24) is 4.98 Å². The van der Waals surface area contributed by atoms with Gasteiger partial charge in [0.05, 0.1) is 17.7 Å². The fourth-order valence-corrected chi connectivity index (χ4v) is 1.01. The van der Waals surface area contributed by atoms with E-state index in [0.717, 1.165) is 0 Å². The van der Waals surface area contributed by atoms with Crippen molar-refractivity contribution in [1.29, 1.82) is 0 Å². The van der Waals surface area contributed by atoms with Crippen LogP contribution in [0.15, 0.2) is 10.9 Å². The first kappa shape index (κ1) is 11.3. The molecule has 82 valence electrons. The van der Waals surface area contributed by atoms with E-state index in [9.17, 15) is 22.8 Å². The van der Waals surface area contributed by atoms with Gasteiger partial charge in [-0.25, -0.2) is 8.78 Å². The van der Waals surface area contributed by atoms with Crippen molar-refractivity contribution in [3.8, 4) is 0 Å². The average molecular weight is 221 g/mol. The van der Waals surface area contributed by atoms with Crippen LogP contribution in [0.1, 0.15) is 17.7 Å². The summed E-state index contributed by atoms with van der Waals surface area (Å²) in [6.07, 6.45) is -3.85. The van der Waals surface area contributed by atoms with Crippen LogP contribution in [0, 0.1) is 5.95 Å². The zero-order chi connectivity index (χ0) is 11.6. The van der Waals surface area contributed by atoms with Gasteiger partial charge < -0.3 is 10.1 Å². The van der Waals surface area contributed by atoms with E-state index in [1.165, 1.54) is 0 Å². The summed E-state index contributed by atoms with van der Waals surface area (Å²) in [6.45, 7) is 0. The molecule has 0 aromatic carbocycles. The van der Waals surface area contributed by atoms with Gasteiger partial charge in [0.15, 0.2) is 11.4 Å². The van der Waals surface area contributed by atoms with E-state index in [4.69, 9.17) is 5.11 Å². The van der Waals surface area contributed by atoms with Crippen LogP contribution in [0.25, 0.3) is 0 Å². The summed E-state index contributed by atoms with van der Waals surface area (Å²) in [6, 6.07) is 0.492. The third-order valence-corrected chi connectivity index (χ3v) is 1.67. The van der Waals surface area contributed by atoms with Crippen molar-refractivity contribution in [3.05, 3.63) is 33.5 Å². The molecule has 0 amide bonds. The summed E-state index contributed by atoms with van der Waals surface area (Å²) in [5, 5.41) is 8.33. The highest BCUT2D eigenvalue weighted by molar-refractivity contribution is 5.70. The number of halogens is 3. The molecule has 0 saturated heterocycles. The third kappa shape index (κ3) is 2.58. The summed E-state index contributed by atoms with van der Waals surface area (Å²) in [5.74, 6) is -2.75. The van der Waals surface area contributed by atoms with Crippen molar-refractivity contribution in [2.75, 3.05) is 0 Å². The summed E-state index contributed by atoms with van der Waals surface area (Å²) in [7, 11) is 0. The van der Waals surface area contributed by atoms with E-state index in [2.05, 4.69) is 0 Å². The molecule has 15 heavy (non-hydrogen) atoms. The number of carboxylic acids is 1. The Bertz CT molecular complexity index is 441. The first-order chi connectivity index (χ1) is 6.91. The van der Waals surface area contributed by atoms with Gasteiger partial charge in [0.25, 0.3) is 6.43 Å². The number of H-pyrrole nitrogens is 1. The highest BCUT2D eigenvalue weighted by Gasteiger charge is 2.16. The van der Waals surface area contributed by atoms with Crippen LogP contribution in [-0.4, -0.2) is 16.1 Å². The molecular weight excluding hydrogens is 215 g/mol. The molecule has 0 spiro atoms. The molecule has 0 aliphatic carbocycles. The second-order valence-electron chi connectivity index (χ2n) is 2.75. The maximum Gasteiger partial charge on any atom is 0.308 e. The quantitative estimate of drug-likeness (QED) is 0.750. The molecule has 0 fully saturated rings. The fraction of sp³-hybridized carbons (Fsp3) is 0.250. The SMILES string of the molecule is O=C(O)Cc1c(F)[nH]c(C(F)F)cc1=O. The number of carbonyl (C=O) groups is 1. The van der Waals surface area contributed by atoms with Gasteiger partial charge in [-0.1, -0.05) is 0 Å². The van der Waals surface area contributed by atoms with Crippen LogP contribution in [0.3, 0.4) is 0 Å². The molecule has 0 aliphatic rings. The number of nitrogens with one attached hydrogen (secondary N) is 1. The van der Waals surface area contributed by atoms with Gasteiger partial charge in [-0.15, -0.1) is 0 Å². The molecule has 4 nitrogen and oxygen atoms in total. The van der Waals surface area contributed by atoms with Gasteiger partial charge in [0.2, 0.25) is 0 Å². The molecule has 1 aromatic rings.